The average Bonchev–Trinajstić information content (AvgIpc) is 3.11. The number of carbonyl (C=O) groups is 1. The van der Waals surface area contributed by atoms with Gasteiger partial charge in [0.05, 0.1) is 12.8 Å². The number of ether oxygens (including phenoxy) is 2. The van der Waals surface area contributed by atoms with Crippen molar-refractivity contribution in [3.05, 3.63) is 53.5 Å². The molecule has 2 aromatic heterocycles. The minimum absolute atomic E-state index is 0.209. The molecule has 0 saturated carbocycles. The molecule has 8 heteroatoms. The number of amides is 1. The summed E-state index contributed by atoms with van der Waals surface area (Å²) in [4.78, 5) is 19.3. The van der Waals surface area contributed by atoms with Crippen LogP contribution in [0.5, 0.6) is 11.5 Å². The van der Waals surface area contributed by atoms with Crippen molar-refractivity contribution in [2.45, 2.75) is 27.3 Å². The lowest BCUT2D eigenvalue weighted by Crippen LogP contribution is -2.28. The highest BCUT2D eigenvalue weighted by Crippen LogP contribution is 2.28. The second-order valence-electron chi connectivity index (χ2n) is 6.89. The van der Waals surface area contributed by atoms with Gasteiger partial charge in [0, 0.05) is 25.5 Å². The Morgan fingerprint density at radius 2 is 2.03 bits per heavy atom. The van der Waals surface area contributed by atoms with Crippen molar-refractivity contribution in [1.29, 1.82) is 0 Å². The third-order valence-electron chi connectivity index (χ3n) is 5.04. The fourth-order valence-corrected chi connectivity index (χ4v) is 3.30. The van der Waals surface area contributed by atoms with Gasteiger partial charge < -0.3 is 19.7 Å². The van der Waals surface area contributed by atoms with Crippen molar-refractivity contribution in [3.8, 4) is 11.5 Å². The van der Waals surface area contributed by atoms with Gasteiger partial charge in [-0.15, -0.1) is 0 Å². The molecule has 0 aliphatic rings. The molecule has 0 atom stereocenters. The predicted octanol–water partition coefficient (Wildman–Crippen LogP) is 2.70. The number of aromatic nitrogens is 3. The number of nitrogens with one attached hydrogen (secondary N) is 1. The first kappa shape index (κ1) is 21.6. The quantitative estimate of drug-likeness (QED) is 0.553. The second-order valence-corrected chi connectivity index (χ2v) is 6.89. The zero-order valence-corrected chi connectivity index (χ0v) is 18.0. The number of carbonyl (C=O) groups excluding carboxylic acids is 1. The largest absolute Gasteiger partial charge is 0.493 e. The molecule has 0 unspecified atom stereocenters. The molecular weight excluding hydrogens is 382 g/mol. The first-order valence-corrected chi connectivity index (χ1v) is 10.2. The molecule has 3 rings (SSSR count). The highest BCUT2D eigenvalue weighted by Gasteiger charge is 2.18. The van der Waals surface area contributed by atoms with Crippen LogP contribution in [-0.2, 0) is 6.54 Å². The van der Waals surface area contributed by atoms with Gasteiger partial charge in [-0.1, -0.05) is 19.9 Å². The minimum atomic E-state index is -0.209. The summed E-state index contributed by atoms with van der Waals surface area (Å²) in [7, 11) is 1.61. The summed E-state index contributed by atoms with van der Waals surface area (Å²) in [5.41, 5.74) is 2.58. The molecule has 0 fully saturated rings. The monoisotopic (exact) mass is 411 g/mol. The molecule has 0 radical (unpaired) electrons. The molecule has 0 spiro atoms. The summed E-state index contributed by atoms with van der Waals surface area (Å²) in [6.45, 7) is 9.88. The molecule has 0 aliphatic carbocycles. The Morgan fingerprint density at radius 1 is 1.23 bits per heavy atom. The molecule has 8 nitrogen and oxygen atoms in total. The van der Waals surface area contributed by atoms with E-state index < -0.39 is 0 Å². The number of nitrogens with zero attached hydrogens (tertiary/aromatic N) is 4. The fourth-order valence-electron chi connectivity index (χ4n) is 3.30. The second kappa shape index (κ2) is 10.1. The molecule has 0 saturated heterocycles. The molecular formula is C22H29N5O3. The van der Waals surface area contributed by atoms with E-state index in [1.54, 1.807) is 37.0 Å². The van der Waals surface area contributed by atoms with Gasteiger partial charge in [0.25, 0.3) is 5.91 Å². The van der Waals surface area contributed by atoms with Crippen molar-refractivity contribution >= 4 is 11.6 Å². The van der Waals surface area contributed by atoms with Crippen LogP contribution in [0.4, 0.5) is 0 Å². The van der Waals surface area contributed by atoms with Crippen LogP contribution in [0.25, 0.3) is 5.65 Å². The summed E-state index contributed by atoms with van der Waals surface area (Å²) in [5, 5.41) is 7.28. The zero-order valence-electron chi connectivity index (χ0n) is 18.0. The Labute approximate surface area is 176 Å². The van der Waals surface area contributed by atoms with Crippen molar-refractivity contribution in [2.75, 3.05) is 33.4 Å². The van der Waals surface area contributed by atoms with Gasteiger partial charge in [0.1, 0.15) is 12.2 Å². The van der Waals surface area contributed by atoms with Gasteiger partial charge in [0.15, 0.2) is 17.1 Å². The van der Waals surface area contributed by atoms with Crippen LogP contribution in [0.2, 0.25) is 0 Å². The summed E-state index contributed by atoms with van der Waals surface area (Å²) in [6, 6.07) is 7.47. The molecule has 160 valence electrons. The van der Waals surface area contributed by atoms with Gasteiger partial charge >= 0.3 is 0 Å². The van der Waals surface area contributed by atoms with E-state index >= 15 is 0 Å². The Bertz CT molecular complexity index is 998. The fraction of sp³-hybridized carbons (Fsp3) is 0.409. The smallest absolute Gasteiger partial charge is 0.257 e. The molecule has 2 heterocycles. The number of aryl methyl sites for hydroxylation is 1. The first-order chi connectivity index (χ1) is 14.6. The highest BCUT2D eigenvalue weighted by atomic mass is 16.5. The maximum Gasteiger partial charge on any atom is 0.257 e. The Kier molecular flexibility index (Phi) is 7.24. The van der Waals surface area contributed by atoms with Gasteiger partial charge in [-0.3, -0.25) is 4.79 Å². The third-order valence-corrected chi connectivity index (χ3v) is 5.04. The van der Waals surface area contributed by atoms with E-state index in [-0.39, 0.29) is 5.91 Å². The number of hydrogen-bond acceptors (Lipinski definition) is 6. The number of benzene rings is 1. The molecule has 30 heavy (non-hydrogen) atoms. The number of methoxy groups -OCH3 is 1. The van der Waals surface area contributed by atoms with Crippen molar-refractivity contribution in [3.63, 3.8) is 0 Å². The van der Waals surface area contributed by atoms with Crippen molar-refractivity contribution in [2.24, 2.45) is 0 Å². The topological polar surface area (TPSA) is 81.0 Å². The normalized spacial score (nSPS) is 11.1. The summed E-state index contributed by atoms with van der Waals surface area (Å²) < 4.78 is 13.0. The van der Waals surface area contributed by atoms with Crippen LogP contribution < -0.4 is 14.8 Å². The number of fused-ring (bicyclic) bond motifs is 1. The summed E-state index contributed by atoms with van der Waals surface area (Å²) in [5.74, 6) is 1.14. The number of rotatable bonds is 10. The van der Waals surface area contributed by atoms with Gasteiger partial charge in [-0.05, 0) is 43.8 Å². The van der Waals surface area contributed by atoms with Gasteiger partial charge in [0.2, 0.25) is 0 Å². The standard InChI is InChI=1S/C22H29N5O3/c1-5-26(6-2)12-13-30-18-9-8-17(14-19(18)29-4)15-24-22(28)20-16(3)25-27-11-7-10-23-21(20)27/h7-11,14H,5-6,12-13,15H2,1-4H3,(H,24,28). The van der Waals surface area contributed by atoms with Crippen LogP contribution in [-0.4, -0.2) is 58.8 Å². The Morgan fingerprint density at radius 3 is 2.77 bits per heavy atom. The molecule has 1 N–H and O–H groups in total. The van der Waals surface area contributed by atoms with Crippen LogP contribution in [0.15, 0.2) is 36.7 Å². The predicted molar refractivity (Wildman–Crippen MR) is 115 cm³/mol. The maximum atomic E-state index is 12.7. The van der Waals surface area contributed by atoms with E-state index in [0.29, 0.717) is 41.6 Å². The Hall–Kier alpha value is -3.13. The first-order valence-electron chi connectivity index (χ1n) is 10.2. The lowest BCUT2D eigenvalue weighted by atomic mass is 10.2. The van der Waals surface area contributed by atoms with Crippen LogP contribution in [0, 0.1) is 6.92 Å². The third kappa shape index (κ3) is 4.88. The molecule has 3 aromatic rings. The van der Waals surface area contributed by atoms with E-state index in [0.717, 1.165) is 25.2 Å². The molecule has 1 aromatic carbocycles. The molecule has 1 amide bonds. The van der Waals surface area contributed by atoms with Crippen molar-refractivity contribution in [1.82, 2.24) is 24.8 Å². The Balaban J connectivity index is 1.64. The maximum absolute atomic E-state index is 12.7. The molecule has 0 bridgehead atoms. The summed E-state index contributed by atoms with van der Waals surface area (Å²) >= 11 is 0. The van der Waals surface area contributed by atoms with E-state index in [4.69, 9.17) is 9.47 Å². The van der Waals surface area contributed by atoms with Crippen LogP contribution in [0.3, 0.4) is 0 Å². The summed E-state index contributed by atoms with van der Waals surface area (Å²) in [6.07, 6.45) is 3.42. The van der Waals surface area contributed by atoms with E-state index in [1.807, 2.05) is 18.2 Å². The average molecular weight is 412 g/mol. The minimum Gasteiger partial charge on any atom is -0.493 e. The van der Waals surface area contributed by atoms with E-state index in [9.17, 15) is 4.79 Å². The van der Waals surface area contributed by atoms with E-state index in [1.165, 1.54) is 0 Å². The van der Waals surface area contributed by atoms with Gasteiger partial charge in [-0.25, -0.2) is 9.50 Å². The van der Waals surface area contributed by atoms with E-state index in [2.05, 4.69) is 34.1 Å². The van der Waals surface area contributed by atoms with Crippen molar-refractivity contribution < 1.29 is 14.3 Å². The van der Waals surface area contributed by atoms with Gasteiger partial charge in [-0.2, -0.15) is 5.10 Å². The number of likely N-dealkylation sites (N-methyl/N-ethyl adjacent to an activating group) is 1. The molecule has 0 aliphatic heterocycles. The lowest BCUT2D eigenvalue weighted by molar-refractivity contribution is 0.0951. The van der Waals surface area contributed by atoms with Crippen LogP contribution >= 0.6 is 0 Å². The zero-order chi connectivity index (χ0) is 21.5. The SMILES string of the molecule is CCN(CC)CCOc1ccc(CNC(=O)c2c(C)nn3cccnc23)cc1OC. The number of hydrogen-bond donors (Lipinski definition) is 1. The highest BCUT2D eigenvalue weighted by molar-refractivity contribution is 6.00. The lowest BCUT2D eigenvalue weighted by Gasteiger charge is -2.19. The van der Waals surface area contributed by atoms with Crippen LogP contribution in [0.1, 0.15) is 35.5 Å².